The lowest BCUT2D eigenvalue weighted by atomic mass is 10.1. The molecule has 3 aromatic rings. The summed E-state index contributed by atoms with van der Waals surface area (Å²) in [5, 5.41) is 1.85. The molecule has 0 spiro atoms. The fourth-order valence-electron chi connectivity index (χ4n) is 2.73. The van der Waals surface area contributed by atoms with Gasteiger partial charge in [-0.05, 0) is 24.6 Å². The van der Waals surface area contributed by atoms with Crippen molar-refractivity contribution in [2.75, 3.05) is 6.54 Å². The lowest BCUT2D eigenvalue weighted by Crippen LogP contribution is -2.30. The Kier molecular flexibility index (Phi) is 5.53. The van der Waals surface area contributed by atoms with Crippen molar-refractivity contribution in [3.05, 3.63) is 70.0 Å². The molecule has 0 N–H and O–H groups in total. The Morgan fingerprint density at radius 1 is 1.04 bits per heavy atom. The molecule has 0 saturated carbocycles. The highest BCUT2D eigenvalue weighted by molar-refractivity contribution is 7.89. The van der Waals surface area contributed by atoms with Crippen LogP contribution in [-0.4, -0.2) is 24.3 Å². The number of hydrogen-bond donors (Lipinski definition) is 0. The van der Waals surface area contributed by atoms with E-state index in [1.54, 1.807) is 12.1 Å². The Balaban J connectivity index is 2.01. The van der Waals surface area contributed by atoms with Crippen LogP contribution in [0.2, 0.25) is 10.2 Å². The summed E-state index contributed by atoms with van der Waals surface area (Å²) in [7, 11) is -3.68. The zero-order chi connectivity index (χ0) is 18.9. The molecule has 3 rings (SSSR count). The molecule has 0 aliphatic carbocycles. The van der Waals surface area contributed by atoms with Crippen LogP contribution in [0.15, 0.2) is 53.6 Å². The Bertz CT molecular complexity index is 1050. The maximum Gasteiger partial charge on any atom is 0.243 e. The van der Waals surface area contributed by atoms with Crippen LogP contribution in [0.1, 0.15) is 18.1 Å². The van der Waals surface area contributed by atoms with Crippen molar-refractivity contribution in [1.29, 1.82) is 0 Å². The first-order chi connectivity index (χ1) is 12.3. The molecule has 2 aromatic carbocycles. The molecule has 0 unspecified atom stereocenters. The molecule has 0 aliphatic heterocycles. The smallest absolute Gasteiger partial charge is 0.242 e. The SMILES string of the molecule is CCN(Cc1ccc(C)cc1)S(=O)(=O)c1ccc2c(Cl)cnc(Cl)c2c1. The van der Waals surface area contributed by atoms with E-state index >= 15 is 0 Å². The molecule has 1 aromatic heterocycles. The topological polar surface area (TPSA) is 50.3 Å². The van der Waals surface area contributed by atoms with Gasteiger partial charge >= 0.3 is 0 Å². The number of fused-ring (bicyclic) bond motifs is 1. The van der Waals surface area contributed by atoms with Gasteiger partial charge in [0.15, 0.2) is 0 Å². The van der Waals surface area contributed by atoms with Gasteiger partial charge in [-0.2, -0.15) is 4.31 Å². The van der Waals surface area contributed by atoms with Gasteiger partial charge in [-0.1, -0.05) is 66.0 Å². The minimum atomic E-state index is -3.68. The number of pyridine rings is 1. The van der Waals surface area contributed by atoms with E-state index < -0.39 is 10.0 Å². The number of sulfonamides is 1. The van der Waals surface area contributed by atoms with Gasteiger partial charge in [-0.15, -0.1) is 0 Å². The first kappa shape index (κ1) is 19.1. The van der Waals surface area contributed by atoms with Crippen molar-refractivity contribution in [2.45, 2.75) is 25.3 Å². The Hall–Kier alpha value is -1.66. The van der Waals surface area contributed by atoms with Crippen molar-refractivity contribution < 1.29 is 8.42 Å². The van der Waals surface area contributed by atoms with Crippen LogP contribution in [0.25, 0.3) is 10.8 Å². The number of benzene rings is 2. The van der Waals surface area contributed by atoms with E-state index in [-0.39, 0.29) is 10.0 Å². The molecule has 0 saturated heterocycles. The average molecular weight is 409 g/mol. The van der Waals surface area contributed by atoms with Gasteiger partial charge in [0.25, 0.3) is 0 Å². The normalized spacial score (nSPS) is 12.0. The van der Waals surface area contributed by atoms with E-state index in [0.717, 1.165) is 11.1 Å². The highest BCUT2D eigenvalue weighted by atomic mass is 35.5. The van der Waals surface area contributed by atoms with E-state index in [9.17, 15) is 8.42 Å². The van der Waals surface area contributed by atoms with E-state index in [1.165, 1.54) is 16.6 Å². The predicted octanol–water partition coefficient (Wildman–Crippen LogP) is 5.06. The predicted molar refractivity (Wildman–Crippen MR) is 106 cm³/mol. The summed E-state index contributed by atoms with van der Waals surface area (Å²) in [6, 6.07) is 12.6. The largest absolute Gasteiger partial charge is 0.243 e. The molecular formula is C19H18Cl2N2O2S. The molecule has 0 fully saturated rings. The first-order valence-electron chi connectivity index (χ1n) is 8.12. The standard InChI is InChI=1S/C19H18Cl2N2O2S/c1-3-23(12-14-6-4-13(2)5-7-14)26(24,25)15-8-9-16-17(10-15)19(21)22-11-18(16)20/h4-11H,3,12H2,1-2H3. The van der Waals surface area contributed by atoms with Crippen molar-refractivity contribution in [3.63, 3.8) is 0 Å². The molecule has 4 nitrogen and oxygen atoms in total. The summed E-state index contributed by atoms with van der Waals surface area (Å²) in [6.45, 7) is 4.47. The molecule has 0 aliphatic rings. The lowest BCUT2D eigenvalue weighted by Gasteiger charge is -2.21. The number of aryl methyl sites for hydroxylation is 1. The van der Waals surface area contributed by atoms with Gasteiger partial charge in [0.2, 0.25) is 10.0 Å². The maximum absolute atomic E-state index is 13.1. The zero-order valence-electron chi connectivity index (χ0n) is 14.4. The Morgan fingerprint density at radius 3 is 2.38 bits per heavy atom. The summed E-state index contributed by atoms with van der Waals surface area (Å²) < 4.78 is 27.6. The van der Waals surface area contributed by atoms with E-state index in [2.05, 4.69) is 4.98 Å². The second-order valence-electron chi connectivity index (χ2n) is 6.02. The number of aromatic nitrogens is 1. The van der Waals surface area contributed by atoms with E-state index in [0.29, 0.717) is 28.9 Å². The summed E-state index contributed by atoms with van der Waals surface area (Å²) in [5.74, 6) is 0. The first-order valence-corrected chi connectivity index (χ1v) is 10.3. The van der Waals surface area contributed by atoms with E-state index in [4.69, 9.17) is 23.2 Å². The third-order valence-electron chi connectivity index (χ3n) is 4.23. The minimum absolute atomic E-state index is 0.171. The second-order valence-corrected chi connectivity index (χ2v) is 8.72. The number of nitrogens with zero attached hydrogens (tertiary/aromatic N) is 2. The Labute approximate surface area is 163 Å². The van der Waals surface area contributed by atoms with Crippen molar-refractivity contribution >= 4 is 44.0 Å². The second kappa shape index (κ2) is 7.53. The van der Waals surface area contributed by atoms with Gasteiger partial charge in [0.1, 0.15) is 5.15 Å². The van der Waals surface area contributed by atoms with Crippen LogP contribution >= 0.6 is 23.2 Å². The molecule has 7 heteroatoms. The van der Waals surface area contributed by atoms with Crippen LogP contribution in [0.3, 0.4) is 0 Å². The van der Waals surface area contributed by atoms with Crippen molar-refractivity contribution in [2.24, 2.45) is 0 Å². The summed E-state index contributed by atoms with van der Waals surface area (Å²) in [5.41, 5.74) is 2.07. The lowest BCUT2D eigenvalue weighted by molar-refractivity contribution is 0.423. The molecule has 0 amide bonds. The Morgan fingerprint density at radius 2 is 1.73 bits per heavy atom. The summed E-state index contributed by atoms with van der Waals surface area (Å²) in [6.07, 6.45) is 1.45. The molecule has 0 radical (unpaired) electrons. The highest BCUT2D eigenvalue weighted by Crippen LogP contribution is 2.31. The fourth-order valence-corrected chi connectivity index (χ4v) is 4.61. The van der Waals surface area contributed by atoms with Crippen molar-refractivity contribution in [3.8, 4) is 0 Å². The highest BCUT2D eigenvalue weighted by Gasteiger charge is 2.24. The van der Waals surface area contributed by atoms with Crippen LogP contribution in [0.4, 0.5) is 0 Å². The van der Waals surface area contributed by atoms with Crippen LogP contribution < -0.4 is 0 Å². The van der Waals surface area contributed by atoms with Gasteiger partial charge in [0, 0.05) is 30.1 Å². The average Bonchev–Trinajstić information content (AvgIpc) is 2.64. The number of rotatable bonds is 5. The summed E-state index contributed by atoms with van der Waals surface area (Å²) in [4.78, 5) is 4.17. The van der Waals surface area contributed by atoms with Gasteiger partial charge in [-0.25, -0.2) is 13.4 Å². The molecule has 1 heterocycles. The monoisotopic (exact) mass is 408 g/mol. The quantitative estimate of drug-likeness (QED) is 0.554. The maximum atomic E-state index is 13.1. The van der Waals surface area contributed by atoms with Crippen LogP contribution in [-0.2, 0) is 16.6 Å². The molecular weight excluding hydrogens is 391 g/mol. The van der Waals surface area contributed by atoms with Crippen molar-refractivity contribution in [1.82, 2.24) is 9.29 Å². The van der Waals surface area contributed by atoms with Crippen LogP contribution in [0.5, 0.6) is 0 Å². The summed E-state index contributed by atoms with van der Waals surface area (Å²) >= 11 is 12.3. The third-order valence-corrected chi connectivity index (χ3v) is 6.75. The zero-order valence-corrected chi connectivity index (χ0v) is 16.7. The molecule has 136 valence electrons. The molecule has 26 heavy (non-hydrogen) atoms. The van der Waals surface area contributed by atoms with Crippen LogP contribution in [0, 0.1) is 6.92 Å². The van der Waals surface area contributed by atoms with Gasteiger partial charge in [-0.3, -0.25) is 0 Å². The van der Waals surface area contributed by atoms with Gasteiger partial charge in [0.05, 0.1) is 9.92 Å². The molecule has 0 bridgehead atoms. The minimum Gasteiger partial charge on any atom is -0.242 e. The number of hydrogen-bond acceptors (Lipinski definition) is 3. The van der Waals surface area contributed by atoms with Gasteiger partial charge < -0.3 is 0 Å². The van der Waals surface area contributed by atoms with E-state index in [1.807, 2.05) is 38.1 Å². The number of halogens is 2. The third kappa shape index (κ3) is 3.71. The fraction of sp³-hybridized carbons (Fsp3) is 0.211. The molecule has 0 atom stereocenters.